The summed E-state index contributed by atoms with van der Waals surface area (Å²) in [6, 6.07) is 1.86. The molecule has 1 spiro atoms. The molecule has 0 radical (unpaired) electrons. The fourth-order valence-corrected chi connectivity index (χ4v) is 6.32. The molecular formula is C25H32ClN5O2. The van der Waals surface area contributed by atoms with Crippen molar-refractivity contribution in [2.24, 2.45) is 16.7 Å². The third-order valence-electron chi connectivity index (χ3n) is 7.75. The lowest BCUT2D eigenvalue weighted by molar-refractivity contribution is -0.128. The molecule has 2 atom stereocenters. The van der Waals surface area contributed by atoms with Crippen molar-refractivity contribution in [3.63, 3.8) is 0 Å². The van der Waals surface area contributed by atoms with Crippen LogP contribution in [0.15, 0.2) is 18.5 Å². The van der Waals surface area contributed by atoms with E-state index >= 15 is 0 Å². The second-order valence-corrected chi connectivity index (χ2v) is 11.5. The zero-order chi connectivity index (χ0) is 23.4. The van der Waals surface area contributed by atoms with E-state index in [0.717, 1.165) is 62.9 Å². The predicted octanol–water partition coefficient (Wildman–Crippen LogP) is 4.55. The van der Waals surface area contributed by atoms with Crippen LogP contribution < -0.4 is 5.32 Å². The van der Waals surface area contributed by atoms with Crippen molar-refractivity contribution >= 4 is 29.2 Å². The predicted molar refractivity (Wildman–Crippen MR) is 128 cm³/mol. The fourth-order valence-electron chi connectivity index (χ4n) is 6.12. The van der Waals surface area contributed by atoms with Crippen LogP contribution in [0.4, 0.5) is 5.82 Å². The van der Waals surface area contributed by atoms with Crippen LogP contribution in [-0.2, 0) is 22.6 Å². The Bertz CT molecular complexity index is 1110. The number of nitrogens with one attached hydrogen (secondary N) is 1. The van der Waals surface area contributed by atoms with Gasteiger partial charge in [0, 0.05) is 56.0 Å². The van der Waals surface area contributed by atoms with Crippen LogP contribution >= 0.6 is 11.6 Å². The van der Waals surface area contributed by atoms with Gasteiger partial charge in [-0.3, -0.25) is 14.3 Å². The summed E-state index contributed by atoms with van der Waals surface area (Å²) in [4.78, 5) is 30.9. The van der Waals surface area contributed by atoms with Gasteiger partial charge >= 0.3 is 0 Å². The number of pyridine rings is 1. The monoisotopic (exact) mass is 469 g/mol. The summed E-state index contributed by atoms with van der Waals surface area (Å²) < 4.78 is 2.05. The van der Waals surface area contributed by atoms with E-state index in [0.29, 0.717) is 23.2 Å². The molecule has 2 aliphatic heterocycles. The number of amides is 2. The first kappa shape index (κ1) is 22.4. The van der Waals surface area contributed by atoms with Crippen molar-refractivity contribution in [3.8, 4) is 11.1 Å². The average molecular weight is 470 g/mol. The topological polar surface area (TPSA) is 80.1 Å². The van der Waals surface area contributed by atoms with Crippen molar-refractivity contribution in [1.82, 2.24) is 19.7 Å². The molecule has 3 aliphatic rings. The van der Waals surface area contributed by atoms with E-state index in [4.69, 9.17) is 11.6 Å². The zero-order valence-electron chi connectivity index (χ0n) is 19.7. The maximum atomic E-state index is 12.8. The number of hydrogen-bond donors (Lipinski definition) is 1. The minimum absolute atomic E-state index is 0.0133. The first-order valence-corrected chi connectivity index (χ1v) is 12.3. The highest BCUT2D eigenvalue weighted by Crippen LogP contribution is 2.49. The molecule has 4 heterocycles. The number of halogens is 1. The highest BCUT2D eigenvalue weighted by molar-refractivity contribution is 6.33. The summed E-state index contributed by atoms with van der Waals surface area (Å²) in [5, 5.41) is 8.09. The van der Waals surface area contributed by atoms with Gasteiger partial charge in [0.2, 0.25) is 11.8 Å². The van der Waals surface area contributed by atoms with Gasteiger partial charge in [0.25, 0.3) is 0 Å². The van der Waals surface area contributed by atoms with Crippen LogP contribution in [0.5, 0.6) is 0 Å². The number of fused-ring (bicyclic) bond motifs is 1. The fraction of sp³-hybridized carbons (Fsp3) is 0.600. The molecule has 2 aromatic rings. The van der Waals surface area contributed by atoms with Crippen LogP contribution in [0.2, 0.25) is 5.02 Å². The number of likely N-dealkylation sites (tertiary alicyclic amines) is 1. The Morgan fingerprint density at radius 1 is 1.21 bits per heavy atom. The summed E-state index contributed by atoms with van der Waals surface area (Å²) in [7, 11) is 0. The minimum atomic E-state index is -0.0133. The summed E-state index contributed by atoms with van der Waals surface area (Å²) in [6.45, 7) is 8.70. The van der Waals surface area contributed by atoms with Gasteiger partial charge in [-0.2, -0.15) is 5.10 Å². The summed E-state index contributed by atoms with van der Waals surface area (Å²) in [5.41, 5.74) is 3.43. The number of anilines is 1. The van der Waals surface area contributed by atoms with Crippen molar-refractivity contribution in [1.29, 1.82) is 0 Å². The number of rotatable bonds is 4. The molecule has 0 aromatic carbocycles. The van der Waals surface area contributed by atoms with E-state index in [-0.39, 0.29) is 22.6 Å². The standard InChI is InChI=1S/C25H32ClN5O2/c1-16(32)30-7-6-25(15-30)5-4-17(10-25)8-23(33)29-22-9-18(20(26)13-27-22)19-12-28-31-14-24(2,3)11-21(19)31/h9,12-13,17H,4-8,10-11,14-15H2,1-3H3,(H,27,29,33)/t17-,25+/m0/s1. The van der Waals surface area contributed by atoms with Crippen LogP contribution in [0.1, 0.15) is 58.6 Å². The normalized spacial score (nSPS) is 25.6. The van der Waals surface area contributed by atoms with Gasteiger partial charge < -0.3 is 10.2 Å². The van der Waals surface area contributed by atoms with E-state index in [9.17, 15) is 9.59 Å². The van der Waals surface area contributed by atoms with Crippen molar-refractivity contribution < 1.29 is 9.59 Å². The first-order valence-electron chi connectivity index (χ1n) is 11.9. The summed E-state index contributed by atoms with van der Waals surface area (Å²) in [6.07, 6.45) is 9.10. The first-order chi connectivity index (χ1) is 15.6. The van der Waals surface area contributed by atoms with Crippen molar-refractivity contribution in [2.45, 2.75) is 65.8 Å². The average Bonchev–Trinajstić information content (AvgIpc) is 3.48. The van der Waals surface area contributed by atoms with Crippen molar-refractivity contribution in [2.75, 3.05) is 18.4 Å². The molecule has 176 valence electrons. The lowest BCUT2D eigenvalue weighted by atomic mass is 9.84. The van der Waals surface area contributed by atoms with Gasteiger partial charge in [0.15, 0.2) is 0 Å². The quantitative estimate of drug-likeness (QED) is 0.712. The van der Waals surface area contributed by atoms with E-state index in [1.807, 2.05) is 17.2 Å². The Labute approximate surface area is 199 Å². The van der Waals surface area contributed by atoms with Crippen LogP contribution in [-0.4, -0.2) is 44.6 Å². The van der Waals surface area contributed by atoms with Gasteiger partial charge in [-0.05, 0) is 54.9 Å². The molecule has 2 fully saturated rings. The van der Waals surface area contributed by atoms with E-state index in [1.54, 1.807) is 13.1 Å². The van der Waals surface area contributed by atoms with Gasteiger partial charge in [0.1, 0.15) is 5.82 Å². The Hall–Kier alpha value is -2.41. The Morgan fingerprint density at radius 2 is 2.03 bits per heavy atom. The molecule has 33 heavy (non-hydrogen) atoms. The molecule has 2 aromatic heterocycles. The number of carbonyl (C=O) groups excluding carboxylic acids is 2. The van der Waals surface area contributed by atoms with E-state index < -0.39 is 0 Å². The number of aromatic nitrogens is 3. The molecule has 0 bridgehead atoms. The number of nitrogens with zero attached hydrogens (tertiary/aromatic N) is 4. The molecule has 1 saturated heterocycles. The Kier molecular flexibility index (Phi) is 5.51. The van der Waals surface area contributed by atoms with E-state index in [2.05, 4.69) is 33.9 Å². The molecule has 7 nitrogen and oxygen atoms in total. The molecule has 2 amide bonds. The molecular weight excluding hydrogens is 438 g/mol. The Morgan fingerprint density at radius 3 is 2.79 bits per heavy atom. The maximum absolute atomic E-state index is 12.8. The molecule has 1 saturated carbocycles. The van der Waals surface area contributed by atoms with Gasteiger partial charge in [-0.25, -0.2) is 4.98 Å². The highest BCUT2D eigenvalue weighted by atomic mass is 35.5. The van der Waals surface area contributed by atoms with E-state index in [1.165, 1.54) is 5.69 Å². The third-order valence-corrected chi connectivity index (χ3v) is 8.05. The lowest BCUT2D eigenvalue weighted by Gasteiger charge is -2.23. The maximum Gasteiger partial charge on any atom is 0.225 e. The summed E-state index contributed by atoms with van der Waals surface area (Å²) >= 11 is 6.50. The Balaban J connectivity index is 1.24. The van der Waals surface area contributed by atoms with Crippen LogP contribution in [0.25, 0.3) is 11.1 Å². The van der Waals surface area contributed by atoms with Crippen LogP contribution in [0, 0.1) is 16.7 Å². The molecule has 0 unspecified atom stereocenters. The molecule has 5 rings (SSSR count). The lowest BCUT2D eigenvalue weighted by Crippen LogP contribution is -2.29. The number of hydrogen-bond acceptors (Lipinski definition) is 4. The SMILES string of the molecule is CC(=O)N1CC[C@@]2(CC[C@@H](CC(=O)Nc3cc(-c4cnn5c4CC(C)(C)C5)c(Cl)cn3)C2)C1. The number of carbonyl (C=O) groups is 2. The third kappa shape index (κ3) is 4.39. The van der Waals surface area contributed by atoms with Gasteiger partial charge in [-0.1, -0.05) is 25.4 Å². The zero-order valence-corrected chi connectivity index (χ0v) is 20.4. The highest BCUT2D eigenvalue weighted by Gasteiger charge is 2.45. The second-order valence-electron chi connectivity index (χ2n) is 11.1. The largest absolute Gasteiger partial charge is 0.342 e. The molecule has 1 aliphatic carbocycles. The summed E-state index contributed by atoms with van der Waals surface area (Å²) in [5.74, 6) is 1.02. The molecule has 8 heteroatoms. The second kappa shape index (κ2) is 8.12. The van der Waals surface area contributed by atoms with Crippen molar-refractivity contribution in [3.05, 3.63) is 29.2 Å². The molecule has 1 N–H and O–H groups in total. The van der Waals surface area contributed by atoms with Crippen LogP contribution in [0.3, 0.4) is 0 Å². The van der Waals surface area contributed by atoms with Gasteiger partial charge in [0.05, 0.1) is 11.2 Å². The minimum Gasteiger partial charge on any atom is -0.342 e. The smallest absolute Gasteiger partial charge is 0.225 e. The van der Waals surface area contributed by atoms with Gasteiger partial charge in [-0.15, -0.1) is 0 Å².